The van der Waals surface area contributed by atoms with E-state index in [1.54, 1.807) is 19.9 Å². The average molecular weight is 118 g/mol. The van der Waals surface area contributed by atoms with Crippen LogP contribution in [-0.4, -0.2) is 11.2 Å². The van der Waals surface area contributed by atoms with Crippen LogP contribution < -0.4 is 6.15 Å². The number of aliphatic hydroxyl groups excluding tert-OH is 1. The van der Waals surface area contributed by atoms with Gasteiger partial charge in [-0.2, -0.15) is 5.26 Å². The molecule has 0 aromatic rings. The summed E-state index contributed by atoms with van der Waals surface area (Å²) < 4.78 is 0. The average Bonchev–Trinajstić information content (AvgIpc) is 1.33. The Morgan fingerprint density at radius 3 is 1.50 bits per heavy atom. The van der Waals surface area contributed by atoms with Crippen molar-refractivity contribution in [2.75, 3.05) is 0 Å². The van der Waals surface area contributed by atoms with Gasteiger partial charge in [0, 0.05) is 13.0 Å². The van der Waals surface area contributed by atoms with E-state index in [1.807, 2.05) is 0 Å². The Bertz CT molecular complexity index is 53.2. The van der Waals surface area contributed by atoms with Crippen LogP contribution in [0.25, 0.3) is 0 Å². The van der Waals surface area contributed by atoms with Gasteiger partial charge < -0.3 is 11.3 Å². The van der Waals surface area contributed by atoms with Gasteiger partial charge in [0.1, 0.15) is 0 Å². The van der Waals surface area contributed by atoms with Crippen LogP contribution in [0.3, 0.4) is 0 Å². The molecule has 0 aliphatic heterocycles. The van der Waals surface area contributed by atoms with Gasteiger partial charge in [-0.05, 0) is 13.8 Å². The van der Waals surface area contributed by atoms with Crippen LogP contribution in [0.4, 0.5) is 0 Å². The molecular formula is C5H14N2O. The Kier molecular flexibility index (Phi) is 31.6. The first-order chi connectivity index (χ1) is 3.15. The number of hydrogen-bond acceptors (Lipinski definition) is 3. The fourth-order valence-electron chi connectivity index (χ4n) is 0. The number of aliphatic hydroxyl groups is 1. The molecule has 3 heteroatoms. The van der Waals surface area contributed by atoms with E-state index in [0.29, 0.717) is 0 Å². The molecule has 0 aromatic heterocycles. The smallest absolute Gasteiger partial charge is 0.0587 e. The summed E-state index contributed by atoms with van der Waals surface area (Å²) in [6.07, 6.45) is -0.167. The lowest BCUT2D eigenvalue weighted by molar-refractivity contribution is 0.216. The Labute approximate surface area is 50.5 Å². The molecule has 0 rings (SSSR count). The van der Waals surface area contributed by atoms with Crippen LogP contribution >= 0.6 is 0 Å². The quantitative estimate of drug-likeness (QED) is 0.499. The van der Waals surface area contributed by atoms with Gasteiger partial charge >= 0.3 is 0 Å². The summed E-state index contributed by atoms with van der Waals surface area (Å²) in [7, 11) is 0. The van der Waals surface area contributed by atoms with E-state index in [2.05, 4.69) is 0 Å². The first-order valence-electron chi connectivity index (χ1n) is 2.14. The molecule has 0 atom stereocenters. The summed E-state index contributed by atoms with van der Waals surface area (Å²) in [6, 6.07) is 1.75. The summed E-state index contributed by atoms with van der Waals surface area (Å²) in [4.78, 5) is 0. The van der Waals surface area contributed by atoms with Gasteiger partial charge in [-0.1, -0.05) is 0 Å². The predicted molar refractivity (Wildman–Crippen MR) is 33.7 cm³/mol. The lowest BCUT2D eigenvalue weighted by Gasteiger charge is -1.80. The molecule has 3 nitrogen and oxygen atoms in total. The highest BCUT2D eigenvalue weighted by molar-refractivity contribution is 4.51. The van der Waals surface area contributed by atoms with Gasteiger partial charge in [-0.15, -0.1) is 0 Å². The molecule has 0 unspecified atom stereocenters. The number of nitrogens with zero attached hydrogens (tertiary/aromatic N) is 1. The maximum Gasteiger partial charge on any atom is 0.0587 e. The van der Waals surface area contributed by atoms with Crippen molar-refractivity contribution in [1.82, 2.24) is 6.15 Å². The number of rotatable bonds is 0. The zero-order chi connectivity index (χ0) is 6.28. The van der Waals surface area contributed by atoms with Gasteiger partial charge in [0.2, 0.25) is 0 Å². The predicted octanol–water partition coefficient (Wildman–Crippen LogP) is 1.08. The van der Waals surface area contributed by atoms with Gasteiger partial charge in [-0.3, -0.25) is 0 Å². The molecule has 0 saturated carbocycles. The van der Waals surface area contributed by atoms with Crippen molar-refractivity contribution in [2.45, 2.75) is 26.9 Å². The summed E-state index contributed by atoms with van der Waals surface area (Å²) >= 11 is 0. The third-order valence-corrected chi connectivity index (χ3v) is 0. The zero-order valence-corrected chi connectivity index (χ0v) is 5.68. The van der Waals surface area contributed by atoms with E-state index in [4.69, 9.17) is 10.4 Å². The maximum absolute atomic E-state index is 8.06. The highest BCUT2D eigenvalue weighted by Gasteiger charge is 1.69. The zero-order valence-electron chi connectivity index (χ0n) is 5.68. The molecular weight excluding hydrogens is 104 g/mol. The number of nitriles is 1. The molecule has 8 heavy (non-hydrogen) atoms. The highest BCUT2D eigenvalue weighted by Crippen LogP contribution is 1.65. The number of hydrogen-bond donors (Lipinski definition) is 2. The summed E-state index contributed by atoms with van der Waals surface area (Å²) in [5.74, 6) is 0. The van der Waals surface area contributed by atoms with E-state index >= 15 is 0 Å². The normalized spacial score (nSPS) is 5.50. The Morgan fingerprint density at radius 2 is 1.50 bits per heavy atom. The van der Waals surface area contributed by atoms with Crippen molar-refractivity contribution in [2.24, 2.45) is 0 Å². The van der Waals surface area contributed by atoms with E-state index in [0.717, 1.165) is 0 Å². The molecule has 0 spiro atoms. The molecule has 0 radical (unpaired) electrons. The SMILES string of the molecule is CC#N.CC(C)O.N. The topological polar surface area (TPSA) is 79.0 Å². The molecule has 50 valence electrons. The van der Waals surface area contributed by atoms with Crippen molar-refractivity contribution < 1.29 is 5.11 Å². The van der Waals surface area contributed by atoms with Gasteiger partial charge in [0.05, 0.1) is 6.07 Å². The van der Waals surface area contributed by atoms with Gasteiger partial charge in [0.15, 0.2) is 0 Å². The van der Waals surface area contributed by atoms with Crippen molar-refractivity contribution >= 4 is 0 Å². The molecule has 0 aromatic carbocycles. The fraction of sp³-hybridized carbons (Fsp3) is 0.800. The summed E-state index contributed by atoms with van der Waals surface area (Å²) in [5, 5.41) is 15.4. The lowest BCUT2D eigenvalue weighted by atomic mass is 10.5. The third-order valence-electron chi connectivity index (χ3n) is 0. The second kappa shape index (κ2) is 16.1. The Balaban J connectivity index is -0.0000000575. The third kappa shape index (κ3) is 302. The van der Waals surface area contributed by atoms with Crippen LogP contribution in [0.5, 0.6) is 0 Å². The maximum atomic E-state index is 8.06. The van der Waals surface area contributed by atoms with Crippen LogP contribution in [0.15, 0.2) is 0 Å². The van der Waals surface area contributed by atoms with Crippen LogP contribution in [0, 0.1) is 11.3 Å². The molecule has 0 aliphatic rings. The fourth-order valence-corrected chi connectivity index (χ4v) is 0. The second-order valence-electron chi connectivity index (χ2n) is 1.32. The van der Waals surface area contributed by atoms with Crippen molar-refractivity contribution in [3.63, 3.8) is 0 Å². The largest absolute Gasteiger partial charge is 0.394 e. The van der Waals surface area contributed by atoms with Crippen LogP contribution in [0.2, 0.25) is 0 Å². The monoisotopic (exact) mass is 118 g/mol. The van der Waals surface area contributed by atoms with Crippen molar-refractivity contribution in [3.05, 3.63) is 0 Å². The van der Waals surface area contributed by atoms with E-state index in [-0.39, 0.29) is 12.3 Å². The molecule has 0 fully saturated rings. The molecule has 0 saturated heterocycles. The summed E-state index contributed by atoms with van der Waals surface area (Å²) in [5.41, 5.74) is 0. The minimum atomic E-state index is -0.167. The molecule has 0 bridgehead atoms. The van der Waals surface area contributed by atoms with Gasteiger partial charge in [-0.25, -0.2) is 0 Å². The lowest BCUT2D eigenvalue weighted by Crippen LogP contribution is -1.85. The molecule has 0 heterocycles. The molecule has 0 amide bonds. The van der Waals surface area contributed by atoms with E-state index < -0.39 is 0 Å². The van der Waals surface area contributed by atoms with E-state index in [9.17, 15) is 0 Å². The standard InChI is InChI=1S/C3H8O.C2H3N.H3N/c1-3(2)4;1-2-3;/h3-4H,1-2H3;1H3;1H3. The minimum absolute atomic E-state index is 0. The van der Waals surface area contributed by atoms with Crippen molar-refractivity contribution in [1.29, 1.82) is 5.26 Å². The molecule has 4 N–H and O–H groups in total. The van der Waals surface area contributed by atoms with Crippen molar-refractivity contribution in [3.8, 4) is 6.07 Å². The summed E-state index contributed by atoms with van der Waals surface area (Å²) in [6.45, 7) is 4.88. The van der Waals surface area contributed by atoms with Crippen LogP contribution in [-0.2, 0) is 0 Å². The Morgan fingerprint density at radius 1 is 1.50 bits per heavy atom. The molecule has 0 aliphatic carbocycles. The Hall–Kier alpha value is -0.590. The second-order valence-corrected chi connectivity index (χ2v) is 1.32. The van der Waals surface area contributed by atoms with Crippen LogP contribution in [0.1, 0.15) is 20.8 Å². The van der Waals surface area contributed by atoms with Gasteiger partial charge in [0.25, 0.3) is 0 Å². The minimum Gasteiger partial charge on any atom is -0.394 e. The first kappa shape index (κ1) is 15.7. The first-order valence-corrected chi connectivity index (χ1v) is 2.14. The van der Waals surface area contributed by atoms with E-state index in [1.165, 1.54) is 6.92 Å². The highest BCUT2D eigenvalue weighted by atomic mass is 16.3.